The van der Waals surface area contributed by atoms with Crippen molar-refractivity contribution >= 4 is 23.2 Å². The normalized spacial score (nSPS) is 18.8. The van der Waals surface area contributed by atoms with Crippen molar-refractivity contribution in [2.75, 3.05) is 26.8 Å². The van der Waals surface area contributed by atoms with Crippen LogP contribution in [0.2, 0.25) is 10.0 Å². The molecule has 0 bridgehead atoms. The predicted molar refractivity (Wildman–Crippen MR) is 89.0 cm³/mol. The molecule has 1 atom stereocenters. The Balaban J connectivity index is 1.66. The van der Waals surface area contributed by atoms with Gasteiger partial charge in [0.25, 0.3) is 0 Å². The van der Waals surface area contributed by atoms with Crippen molar-refractivity contribution in [3.05, 3.63) is 51.8 Å². The number of benzene rings is 1. The molecule has 1 aliphatic rings. The van der Waals surface area contributed by atoms with Crippen molar-refractivity contribution in [2.24, 2.45) is 0 Å². The van der Waals surface area contributed by atoms with Crippen LogP contribution in [0.15, 0.2) is 30.6 Å². The first-order valence-electron chi connectivity index (χ1n) is 7.29. The SMILES string of the molecule is COc1ncc(CN2CCOC(c3ccc(Cl)c(Cl)c3)C2)cn1. The summed E-state index contributed by atoms with van der Waals surface area (Å²) in [6.45, 7) is 3.08. The maximum atomic E-state index is 6.10. The number of nitrogens with zero attached hydrogens (tertiary/aromatic N) is 3. The molecule has 2 heterocycles. The average Bonchev–Trinajstić information content (AvgIpc) is 2.58. The monoisotopic (exact) mass is 353 g/mol. The van der Waals surface area contributed by atoms with Crippen LogP contribution in [0.1, 0.15) is 17.2 Å². The van der Waals surface area contributed by atoms with Crippen LogP contribution in [0.25, 0.3) is 0 Å². The van der Waals surface area contributed by atoms with Gasteiger partial charge in [0.2, 0.25) is 0 Å². The van der Waals surface area contributed by atoms with Gasteiger partial charge >= 0.3 is 6.01 Å². The summed E-state index contributed by atoms with van der Waals surface area (Å²) in [5.74, 6) is 0. The molecule has 5 nitrogen and oxygen atoms in total. The Morgan fingerprint density at radius 1 is 1.26 bits per heavy atom. The van der Waals surface area contributed by atoms with Crippen LogP contribution in [0.3, 0.4) is 0 Å². The highest BCUT2D eigenvalue weighted by Gasteiger charge is 2.22. The van der Waals surface area contributed by atoms with Gasteiger partial charge in [-0.05, 0) is 17.7 Å². The van der Waals surface area contributed by atoms with Gasteiger partial charge in [-0.2, -0.15) is 0 Å². The molecule has 1 unspecified atom stereocenters. The van der Waals surface area contributed by atoms with Gasteiger partial charge < -0.3 is 9.47 Å². The molecule has 0 radical (unpaired) electrons. The Labute approximate surface area is 145 Å². The summed E-state index contributed by atoms with van der Waals surface area (Å²) in [6.07, 6.45) is 3.56. The topological polar surface area (TPSA) is 47.5 Å². The Bertz CT molecular complexity index is 667. The Hall–Kier alpha value is -1.40. The van der Waals surface area contributed by atoms with Crippen molar-refractivity contribution in [3.8, 4) is 6.01 Å². The quantitative estimate of drug-likeness (QED) is 0.843. The van der Waals surface area contributed by atoms with Crippen LogP contribution < -0.4 is 4.74 Å². The Morgan fingerprint density at radius 3 is 2.74 bits per heavy atom. The number of hydrogen-bond acceptors (Lipinski definition) is 5. The molecule has 1 fully saturated rings. The molecule has 0 amide bonds. The molecular weight excluding hydrogens is 337 g/mol. The van der Waals surface area contributed by atoms with Crippen LogP contribution in [0.4, 0.5) is 0 Å². The number of methoxy groups -OCH3 is 1. The molecule has 2 aromatic rings. The van der Waals surface area contributed by atoms with Crippen molar-refractivity contribution in [2.45, 2.75) is 12.6 Å². The second-order valence-electron chi connectivity index (χ2n) is 5.35. The summed E-state index contributed by atoms with van der Waals surface area (Å²) in [5, 5.41) is 1.10. The van der Waals surface area contributed by atoms with Gasteiger partial charge in [0.15, 0.2) is 0 Å². The predicted octanol–water partition coefficient (Wildman–Crippen LogP) is 3.37. The molecule has 0 aliphatic carbocycles. The lowest BCUT2D eigenvalue weighted by Gasteiger charge is -2.33. The largest absolute Gasteiger partial charge is 0.467 e. The number of hydrogen-bond donors (Lipinski definition) is 0. The van der Waals surface area contributed by atoms with Gasteiger partial charge in [-0.3, -0.25) is 4.90 Å². The van der Waals surface area contributed by atoms with Crippen LogP contribution in [0.5, 0.6) is 6.01 Å². The summed E-state index contributed by atoms with van der Waals surface area (Å²) < 4.78 is 10.8. The van der Waals surface area contributed by atoms with Crippen LogP contribution in [0, 0.1) is 0 Å². The standard InChI is InChI=1S/C16H17Cl2N3O2/c1-22-16-19-7-11(8-20-16)9-21-4-5-23-15(10-21)12-2-3-13(17)14(18)6-12/h2-3,6-8,15H,4-5,9-10H2,1H3. The molecule has 122 valence electrons. The van der Waals surface area contributed by atoms with Gasteiger partial charge in [0.05, 0.1) is 29.9 Å². The minimum atomic E-state index is -0.0160. The van der Waals surface area contributed by atoms with Gasteiger partial charge in [-0.1, -0.05) is 29.3 Å². The third-order valence-electron chi connectivity index (χ3n) is 3.74. The van der Waals surface area contributed by atoms with Crippen molar-refractivity contribution in [1.29, 1.82) is 0 Å². The zero-order chi connectivity index (χ0) is 16.2. The maximum Gasteiger partial charge on any atom is 0.316 e. The van der Waals surface area contributed by atoms with Gasteiger partial charge in [-0.15, -0.1) is 0 Å². The second kappa shape index (κ2) is 7.45. The third-order valence-corrected chi connectivity index (χ3v) is 4.48. The molecule has 1 aliphatic heterocycles. The number of morpholine rings is 1. The van der Waals surface area contributed by atoms with Crippen LogP contribution in [-0.4, -0.2) is 41.7 Å². The van der Waals surface area contributed by atoms with E-state index in [-0.39, 0.29) is 6.10 Å². The maximum absolute atomic E-state index is 6.10. The fourth-order valence-electron chi connectivity index (χ4n) is 2.55. The second-order valence-corrected chi connectivity index (χ2v) is 6.16. The van der Waals surface area contributed by atoms with Gasteiger partial charge in [0, 0.05) is 37.6 Å². The number of aromatic nitrogens is 2. The average molecular weight is 354 g/mol. The number of halogens is 2. The van der Waals surface area contributed by atoms with E-state index in [1.807, 2.05) is 12.1 Å². The number of ether oxygens (including phenoxy) is 2. The summed E-state index contributed by atoms with van der Waals surface area (Å²) in [4.78, 5) is 10.6. The fraction of sp³-hybridized carbons (Fsp3) is 0.375. The molecule has 3 rings (SSSR count). The molecule has 7 heteroatoms. The van der Waals surface area contributed by atoms with Gasteiger partial charge in [0.1, 0.15) is 0 Å². The van der Waals surface area contributed by atoms with Gasteiger partial charge in [-0.25, -0.2) is 9.97 Å². The number of rotatable bonds is 4. The summed E-state index contributed by atoms with van der Waals surface area (Å²) in [5.41, 5.74) is 2.08. The first-order valence-corrected chi connectivity index (χ1v) is 8.05. The molecule has 0 saturated carbocycles. The zero-order valence-corrected chi connectivity index (χ0v) is 14.2. The Kier molecular flexibility index (Phi) is 5.33. The highest BCUT2D eigenvalue weighted by atomic mass is 35.5. The highest BCUT2D eigenvalue weighted by Crippen LogP contribution is 2.29. The first-order chi connectivity index (χ1) is 11.2. The van der Waals surface area contributed by atoms with E-state index in [0.29, 0.717) is 22.7 Å². The van der Waals surface area contributed by atoms with E-state index in [2.05, 4.69) is 14.9 Å². The smallest absolute Gasteiger partial charge is 0.316 e. The molecule has 1 saturated heterocycles. The highest BCUT2D eigenvalue weighted by molar-refractivity contribution is 6.42. The zero-order valence-electron chi connectivity index (χ0n) is 12.7. The van der Waals surface area contributed by atoms with E-state index in [1.54, 1.807) is 25.6 Å². The summed E-state index contributed by atoms with van der Waals surface area (Å²) >= 11 is 12.1. The van der Waals surface area contributed by atoms with E-state index in [9.17, 15) is 0 Å². The lowest BCUT2D eigenvalue weighted by atomic mass is 10.1. The lowest BCUT2D eigenvalue weighted by Crippen LogP contribution is -2.37. The van der Waals surface area contributed by atoms with Crippen molar-refractivity contribution in [3.63, 3.8) is 0 Å². The summed E-state index contributed by atoms with van der Waals surface area (Å²) in [7, 11) is 1.55. The first kappa shape index (κ1) is 16.5. The van der Waals surface area contributed by atoms with Crippen LogP contribution >= 0.6 is 23.2 Å². The molecule has 0 spiro atoms. The minimum Gasteiger partial charge on any atom is -0.467 e. The van der Waals surface area contributed by atoms with E-state index in [1.165, 1.54) is 0 Å². The minimum absolute atomic E-state index is 0.0160. The molecule has 1 aromatic carbocycles. The summed E-state index contributed by atoms with van der Waals surface area (Å²) in [6, 6.07) is 6.01. The molecule has 23 heavy (non-hydrogen) atoms. The van der Waals surface area contributed by atoms with E-state index in [0.717, 1.165) is 30.8 Å². The molecular formula is C16H17Cl2N3O2. The van der Waals surface area contributed by atoms with E-state index in [4.69, 9.17) is 32.7 Å². The van der Waals surface area contributed by atoms with Crippen molar-refractivity contribution < 1.29 is 9.47 Å². The van der Waals surface area contributed by atoms with Crippen LogP contribution in [-0.2, 0) is 11.3 Å². The Morgan fingerprint density at radius 2 is 2.04 bits per heavy atom. The third kappa shape index (κ3) is 4.12. The van der Waals surface area contributed by atoms with E-state index < -0.39 is 0 Å². The lowest BCUT2D eigenvalue weighted by molar-refractivity contribution is -0.0329. The molecule has 0 N–H and O–H groups in total. The molecule has 1 aromatic heterocycles. The van der Waals surface area contributed by atoms with Crippen molar-refractivity contribution in [1.82, 2.24) is 14.9 Å². The van der Waals surface area contributed by atoms with E-state index >= 15 is 0 Å². The fourth-order valence-corrected chi connectivity index (χ4v) is 2.86.